The zero-order valence-electron chi connectivity index (χ0n) is 13.0. The van der Waals surface area contributed by atoms with Gasteiger partial charge in [0.15, 0.2) is 0 Å². The molecule has 0 unspecified atom stereocenters. The van der Waals surface area contributed by atoms with Gasteiger partial charge in [-0.1, -0.05) is 19.8 Å². The zero-order chi connectivity index (χ0) is 15.3. The Bertz CT molecular complexity index is 325. The van der Waals surface area contributed by atoms with Gasteiger partial charge in [-0.2, -0.15) is 0 Å². The van der Waals surface area contributed by atoms with E-state index in [1.54, 1.807) is 39.6 Å². The number of unbranched alkanes of at least 4 members (excludes halogenated alkanes) is 2. The molecule has 0 saturated heterocycles. The summed E-state index contributed by atoms with van der Waals surface area (Å²) in [7, 11) is 1.73. The van der Waals surface area contributed by atoms with Crippen molar-refractivity contribution >= 4 is 12.0 Å². The fourth-order valence-electron chi connectivity index (χ4n) is 1.49. The number of hydrogen-bond donors (Lipinski definition) is 2. The second-order valence-corrected chi connectivity index (χ2v) is 6.11. The molecule has 2 N–H and O–H groups in total. The maximum Gasteiger partial charge on any atom is 0.317 e. The number of carbonyl (C=O) groups excluding carboxylic acids is 1. The first-order chi connectivity index (χ1) is 8.56. The third-order valence-electron chi connectivity index (χ3n) is 3.96. The van der Waals surface area contributed by atoms with Gasteiger partial charge in [-0.15, -0.1) is 0 Å². The van der Waals surface area contributed by atoms with Crippen LogP contribution in [0.1, 0.15) is 53.9 Å². The van der Waals surface area contributed by atoms with Crippen LogP contribution in [0.5, 0.6) is 0 Å². The molecule has 2 amide bonds. The molecule has 0 bridgehead atoms. The minimum atomic E-state index is -1.03. The van der Waals surface area contributed by atoms with Crippen molar-refractivity contribution in [2.24, 2.45) is 5.41 Å². The Kier molecular flexibility index (Phi) is 6.33. The van der Waals surface area contributed by atoms with Gasteiger partial charge in [0.1, 0.15) is 0 Å². The van der Waals surface area contributed by atoms with E-state index in [9.17, 15) is 14.7 Å². The lowest BCUT2D eigenvalue weighted by atomic mass is 9.74. The molecule has 0 heterocycles. The number of nitrogens with one attached hydrogen (secondary N) is 1. The molecule has 0 rings (SSSR count). The van der Waals surface area contributed by atoms with Gasteiger partial charge in [-0.3, -0.25) is 4.79 Å². The smallest absolute Gasteiger partial charge is 0.317 e. The minimum Gasteiger partial charge on any atom is -0.481 e. The van der Waals surface area contributed by atoms with E-state index in [0.29, 0.717) is 6.54 Å². The van der Waals surface area contributed by atoms with Gasteiger partial charge < -0.3 is 15.3 Å². The lowest BCUT2D eigenvalue weighted by Crippen LogP contribution is -2.59. The van der Waals surface area contributed by atoms with Gasteiger partial charge in [0, 0.05) is 13.6 Å². The zero-order valence-corrected chi connectivity index (χ0v) is 13.0. The summed E-state index contributed by atoms with van der Waals surface area (Å²) in [6.07, 6.45) is 3.15. The fraction of sp³-hybridized carbons (Fsp3) is 0.857. The average molecular weight is 272 g/mol. The normalized spacial score (nSPS) is 12.1. The number of aliphatic carboxylic acids is 1. The van der Waals surface area contributed by atoms with Crippen molar-refractivity contribution in [1.82, 2.24) is 10.2 Å². The minimum absolute atomic E-state index is 0.226. The first kappa shape index (κ1) is 17.7. The summed E-state index contributed by atoms with van der Waals surface area (Å²) in [5.41, 5.74) is -1.86. The van der Waals surface area contributed by atoms with E-state index in [1.807, 2.05) is 0 Å². The number of carboxylic acid groups (broad SMARTS) is 1. The van der Waals surface area contributed by atoms with E-state index in [-0.39, 0.29) is 6.03 Å². The third kappa shape index (κ3) is 4.73. The monoisotopic (exact) mass is 272 g/mol. The van der Waals surface area contributed by atoms with Crippen LogP contribution >= 0.6 is 0 Å². The Morgan fingerprint density at radius 2 is 1.68 bits per heavy atom. The van der Waals surface area contributed by atoms with Crippen LogP contribution in [-0.2, 0) is 4.79 Å². The number of hydrogen-bond acceptors (Lipinski definition) is 2. The highest BCUT2D eigenvalue weighted by Crippen LogP contribution is 2.30. The van der Waals surface area contributed by atoms with Crippen LogP contribution in [0, 0.1) is 5.41 Å². The Balaban J connectivity index is 4.57. The van der Waals surface area contributed by atoms with Crippen LogP contribution in [0.2, 0.25) is 0 Å². The number of urea groups is 1. The lowest BCUT2D eigenvalue weighted by molar-refractivity contribution is -0.150. The van der Waals surface area contributed by atoms with Gasteiger partial charge in [-0.25, -0.2) is 4.79 Å². The molecule has 112 valence electrons. The lowest BCUT2D eigenvalue weighted by Gasteiger charge is -2.39. The first-order valence-corrected chi connectivity index (χ1v) is 6.83. The molecule has 19 heavy (non-hydrogen) atoms. The van der Waals surface area contributed by atoms with Crippen molar-refractivity contribution in [2.45, 2.75) is 59.4 Å². The van der Waals surface area contributed by atoms with Gasteiger partial charge in [0.2, 0.25) is 0 Å². The highest BCUT2D eigenvalue weighted by atomic mass is 16.4. The van der Waals surface area contributed by atoms with E-state index in [1.165, 1.54) is 0 Å². The molecule has 0 aliphatic carbocycles. The number of carbonyl (C=O) groups is 2. The number of rotatable bonds is 7. The molecule has 0 saturated carbocycles. The predicted octanol–water partition coefficient (Wildman–Crippen LogP) is 2.71. The molecule has 0 atom stereocenters. The van der Waals surface area contributed by atoms with Gasteiger partial charge in [0.05, 0.1) is 11.0 Å². The summed E-state index contributed by atoms with van der Waals surface area (Å²) >= 11 is 0. The van der Waals surface area contributed by atoms with E-state index in [2.05, 4.69) is 12.2 Å². The Labute approximate surface area is 116 Å². The van der Waals surface area contributed by atoms with Crippen LogP contribution in [0.25, 0.3) is 0 Å². The van der Waals surface area contributed by atoms with Crippen molar-refractivity contribution < 1.29 is 14.7 Å². The predicted molar refractivity (Wildman–Crippen MR) is 76.2 cm³/mol. The maximum absolute atomic E-state index is 12.0. The summed E-state index contributed by atoms with van der Waals surface area (Å²) in [4.78, 5) is 24.9. The molecule has 5 nitrogen and oxygen atoms in total. The van der Waals surface area contributed by atoms with Gasteiger partial charge >= 0.3 is 12.0 Å². The molecule has 0 aromatic heterocycles. The summed E-state index contributed by atoms with van der Waals surface area (Å²) < 4.78 is 0. The SMILES string of the molecule is CCCCCN(C)C(=O)NC(C)(C)C(C)(C)C(=O)O. The van der Waals surface area contributed by atoms with E-state index in [0.717, 1.165) is 19.3 Å². The molecule has 5 heteroatoms. The Morgan fingerprint density at radius 1 is 1.16 bits per heavy atom. The van der Waals surface area contributed by atoms with Crippen LogP contribution in [0.15, 0.2) is 0 Å². The van der Waals surface area contributed by atoms with Gasteiger partial charge in [-0.05, 0) is 34.1 Å². The van der Waals surface area contributed by atoms with Crippen LogP contribution < -0.4 is 5.32 Å². The molecule has 0 aliphatic heterocycles. The second kappa shape index (κ2) is 6.78. The second-order valence-electron chi connectivity index (χ2n) is 6.11. The number of amides is 2. The molecular formula is C14H28N2O3. The van der Waals surface area contributed by atoms with Gasteiger partial charge in [0.25, 0.3) is 0 Å². The quantitative estimate of drug-likeness (QED) is 0.700. The molecule has 0 radical (unpaired) electrons. The summed E-state index contributed by atoms with van der Waals surface area (Å²) in [6, 6.07) is -0.226. The molecule has 0 aliphatic rings. The first-order valence-electron chi connectivity index (χ1n) is 6.83. The molecule has 0 spiro atoms. The number of carboxylic acids is 1. The fourth-order valence-corrected chi connectivity index (χ4v) is 1.49. The summed E-state index contributed by atoms with van der Waals surface area (Å²) in [6.45, 7) is 9.50. The van der Waals surface area contributed by atoms with Crippen molar-refractivity contribution in [3.05, 3.63) is 0 Å². The molecule has 0 aromatic rings. The van der Waals surface area contributed by atoms with E-state index >= 15 is 0 Å². The highest BCUT2D eigenvalue weighted by Gasteiger charge is 2.44. The highest BCUT2D eigenvalue weighted by molar-refractivity contribution is 5.79. The number of nitrogens with zero attached hydrogens (tertiary/aromatic N) is 1. The van der Waals surface area contributed by atoms with Crippen molar-refractivity contribution in [3.63, 3.8) is 0 Å². The standard InChI is InChI=1S/C14H28N2O3/c1-7-8-9-10-16(6)12(19)15-14(4,5)13(2,3)11(17)18/h7-10H2,1-6H3,(H,15,19)(H,17,18). The topological polar surface area (TPSA) is 69.6 Å². The largest absolute Gasteiger partial charge is 0.481 e. The summed E-state index contributed by atoms with van der Waals surface area (Å²) in [5.74, 6) is -0.925. The maximum atomic E-state index is 12.0. The van der Waals surface area contributed by atoms with Crippen molar-refractivity contribution in [3.8, 4) is 0 Å². The summed E-state index contributed by atoms with van der Waals surface area (Å²) in [5, 5.41) is 12.0. The van der Waals surface area contributed by atoms with Crippen molar-refractivity contribution in [2.75, 3.05) is 13.6 Å². The van der Waals surface area contributed by atoms with Crippen LogP contribution in [0.4, 0.5) is 4.79 Å². The van der Waals surface area contributed by atoms with E-state index in [4.69, 9.17) is 0 Å². The van der Waals surface area contributed by atoms with Crippen LogP contribution in [0.3, 0.4) is 0 Å². The molecule has 0 fully saturated rings. The molecular weight excluding hydrogens is 244 g/mol. The Hall–Kier alpha value is -1.26. The van der Waals surface area contributed by atoms with Crippen LogP contribution in [-0.4, -0.2) is 41.1 Å². The molecule has 0 aromatic carbocycles. The van der Waals surface area contributed by atoms with E-state index < -0.39 is 16.9 Å². The Morgan fingerprint density at radius 3 is 2.11 bits per heavy atom. The average Bonchev–Trinajstić information content (AvgIpc) is 2.27. The third-order valence-corrected chi connectivity index (χ3v) is 3.96. The van der Waals surface area contributed by atoms with Crippen molar-refractivity contribution in [1.29, 1.82) is 0 Å².